The standard InChI is InChI=1S/C21H25Br3O5/c1-12-6-13(7-16(22)19(12)29-15(10-26)11-27)21(2,3)14-8-17(23)20(18(24)9-14)28-5-4-25/h6-9,15,25-27H,4-5,10-11H2,1-3H3. The normalized spacial score (nSPS) is 11.8. The summed E-state index contributed by atoms with van der Waals surface area (Å²) in [4.78, 5) is 0. The molecule has 0 saturated heterocycles. The number of rotatable bonds is 9. The quantitative estimate of drug-likeness (QED) is 0.391. The monoisotopic (exact) mass is 594 g/mol. The lowest BCUT2D eigenvalue weighted by atomic mass is 9.77. The van der Waals surface area contributed by atoms with Gasteiger partial charge in [-0.3, -0.25) is 0 Å². The summed E-state index contributed by atoms with van der Waals surface area (Å²) < 4.78 is 13.7. The Morgan fingerprint density at radius 2 is 1.34 bits per heavy atom. The maximum Gasteiger partial charge on any atom is 0.147 e. The average molecular weight is 597 g/mol. The van der Waals surface area contributed by atoms with Gasteiger partial charge in [0, 0.05) is 5.41 Å². The molecule has 2 rings (SSSR count). The first-order valence-electron chi connectivity index (χ1n) is 9.07. The van der Waals surface area contributed by atoms with Crippen LogP contribution < -0.4 is 9.47 Å². The summed E-state index contributed by atoms with van der Waals surface area (Å²) >= 11 is 10.7. The van der Waals surface area contributed by atoms with Crippen LogP contribution in [0.25, 0.3) is 0 Å². The summed E-state index contributed by atoms with van der Waals surface area (Å²) in [6.45, 7) is 5.83. The van der Waals surface area contributed by atoms with Gasteiger partial charge < -0.3 is 24.8 Å². The molecular weight excluding hydrogens is 572 g/mol. The topological polar surface area (TPSA) is 79.2 Å². The predicted octanol–water partition coefficient (Wildman–Crippen LogP) is 4.71. The van der Waals surface area contributed by atoms with E-state index in [1.165, 1.54) is 0 Å². The molecule has 2 aromatic carbocycles. The third-order valence-electron chi connectivity index (χ3n) is 4.70. The molecule has 0 aromatic heterocycles. The Morgan fingerprint density at radius 3 is 1.79 bits per heavy atom. The molecule has 0 aliphatic carbocycles. The number of hydrogen-bond acceptors (Lipinski definition) is 5. The van der Waals surface area contributed by atoms with Crippen molar-refractivity contribution in [2.24, 2.45) is 0 Å². The van der Waals surface area contributed by atoms with Crippen LogP contribution in [0.15, 0.2) is 37.7 Å². The zero-order valence-corrected chi connectivity index (χ0v) is 21.3. The highest BCUT2D eigenvalue weighted by atomic mass is 79.9. The van der Waals surface area contributed by atoms with E-state index in [1.54, 1.807) is 0 Å². The molecule has 0 radical (unpaired) electrons. The van der Waals surface area contributed by atoms with Crippen LogP contribution in [-0.4, -0.2) is 47.9 Å². The molecule has 0 saturated carbocycles. The van der Waals surface area contributed by atoms with Crippen molar-refractivity contribution in [1.29, 1.82) is 0 Å². The number of ether oxygens (including phenoxy) is 2. The van der Waals surface area contributed by atoms with Crippen LogP contribution in [0.3, 0.4) is 0 Å². The fraction of sp³-hybridized carbons (Fsp3) is 0.429. The summed E-state index contributed by atoms with van der Waals surface area (Å²) in [6, 6.07) is 8.06. The lowest BCUT2D eigenvalue weighted by Gasteiger charge is -2.29. The first-order chi connectivity index (χ1) is 13.6. The Bertz CT molecular complexity index is 804. The minimum absolute atomic E-state index is 0.0543. The largest absolute Gasteiger partial charge is 0.489 e. The van der Waals surface area contributed by atoms with E-state index >= 15 is 0 Å². The third kappa shape index (κ3) is 5.74. The summed E-state index contributed by atoms with van der Waals surface area (Å²) in [5, 5.41) is 27.6. The number of hydrogen-bond donors (Lipinski definition) is 3. The number of aliphatic hydroxyl groups excluding tert-OH is 3. The van der Waals surface area contributed by atoms with Crippen molar-refractivity contribution < 1.29 is 24.8 Å². The van der Waals surface area contributed by atoms with Crippen molar-refractivity contribution in [2.45, 2.75) is 32.3 Å². The second kappa shape index (κ2) is 10.6. The Hall–Kier alpha value is -0.640. The first kappa shape index (κ1) is 24.6. The molecule has 0 heterocycles. The minimum Gasteiger partial charge on any atom is -0.489 e. The molecule has 0 aliphatic rings. The van der Waals surface area contributed by atoms with Crippen molar-refractivity contribution in [2.75, 3.05) is 26.4 Å². The number of aliphatic hydroxyl groups is 3. The van der Waals surface area contributed by atoms with Crippen molar-refractivity contribution in [1.82, 2.24) is 0 Å². The molecule has 5 nitrogen and oxygen atoms in total. The summed E-state index contributed by atoms with van der Waals surface area (Å²) in [5.74, 6) is 1.26. The smallest absolute Gasteiger partial charge is 0.147 e. The number of benzene rings is 2. The molecule has 160 valence electrons. The van der Waals surface area contributed by atoms with E-state index in [0.29, 0.717) is 11.5 Å². The zero-order valence-electron chi connectivity index (χ0n) is 16.5. The second-order valence-electron chi connectivity index (χ2n) is 7.18. The number of aryl methyl sites for hydroxylation is 1. The van der Waals surface area contributed by atoms with E-state index in [-0.39, 0.29) is 31.8 Å². The van der Waals surface area contributed by atoms with Gasteiger partial charge >= 0.3 is 0 Å². The van der Waals surface area contributed by atoms with E-state index in [1.807, 2.05) is 31.2 Å². The van der Waals surface area contributed by atoms with Crippen molar-refractivity contribution in [3.05, 3.63) is 54.4 Å². The SMILES string of the molecule is Cc1cc(C(C)(C)c2cc(Br)c(OCCO)c(Br)c2)cc(Br)c1OC(CO)CO. The van der Waals surface area contributed by atoms with Crippen LogP contribution in [0.2, 0.25) is 0 Å². The molecule has 0 amide bonds. The molecule has 8 heteroatoms. The van der Waals surface area contributed by atoms with Gasteiger partial charge in [0.15, 0.2) is 0 Å². The summed E-state index contributed by atoms with van der Waals surface area (Å²) in [5.41, 5.74) is 2.70. The first-order valence-corrected chi connectivity index (χ1v) is 11.5. The van der Waals surface area contributed by atoms with Gasteiger partial charge in [0.25, 0.3) is 0 Å². The van der Waals surface area contributed by atoms with Gasteiger partial charge in [0.05, 0.1) is 33.2 Å². The van der Waals surface area contributed by atoms with Gasteiger partial charge in [0.1, 0.15) is 24.2 Å². The van der Waals surface area contributed by atoms with Crippen LogP contribution >= 0.6 is 47.8 Å². The molecule has 0 spiro atoms. The fourth-order valence-corrected chi connectivity index (χ4v) is 4.98. The van der Waals surface area contributed by atoms with Crippen molar-refractivity contribution in [3.8, 4) is 11.5 Å². The van der Waals surface area contributed by atoms with Crippen molar-refractivity contribution >= 4 is 47.8 Å². The van der Waals surface area contributed by atoms with Gasteiger partial charge in [-0.15, -0.1) is 0 Å². The molecule has 0 atom stereocenters. The molecule has 2 aromatic rings. The maximum absolute atomic E-state index is 9.30. The highest BCUT2D eigenvalue weighted by Crippen LogP contribution is 2.43. The Labute approximate surface area is 196 Å². The highest BCUT2D eigenvalue weighted by Gasteiger charge is 2.27. The molecule has 0 aliphatic heterocycles. The fourth-order valence-electron chi connectivity index (χ4n) is 2.91. The molecule has 0 unspecified atom stereocenters. The minimum atomic E-state index is -0.665. The molecule has 29 heavy (non-hydrogen) atoms. The third-order valence-corrected chi connectivity index (χ3v) is 6.47. The van der Waals surface area contributed by atoms with Gasteiger partial charge in [-0.05, 0) is 89.6 Å². The van der Waals surface area contributed by atoms with Gasteiger partial charge in [-0.25, -0.2) is 0 Å². The van der Waals surface area contributed by atoms with E-state index < -0.39 is 6.10 Å². The second-order valence-corrected chi connectivity index (χ2v) is 9.74. The zero-order chi connectivity index (χ0) is 21.8. The van der Waals surface area contributed by atoms with E-state index in [4.69, 9.17) is 14.6 Å². The van der Waals surface area contributed by atoms with Gasteiger partial charge in [-0.2, -0.15) is 0 Å². The van der Waals surface area contributed by atoms with Gasteiger partial charge in [-0.1, -0.05) is 19.9 Å². The molecule has 0 fully saturated rings. The predicted molar refractivity (Wildman–Crippen MR) is 124 cm³/mol. The van der Waals surface area contributed by atoms with E-state index in [0.717, 1.165) is 30.1 Å². The van der Waals surface area contributed by atoms with Crippen LogP contribution in [-0.2, 0) is 5.41 Å². The average Bonchev–Trinajstić information content (AvgIpc) is 2.66. The van der Waals surface area contributed by atoms with Crippen LogP contribution in [0.5, 0.6) is 11.5 Å². The van der Waals surface area contributed by atoms with Crippen molar-refractivity contribution in [3.63, 3.8) is 0 Å². The Balaban J connectivity index is 2.43. The highest BCUT2D eigenvalue weighted by molar-refractivity contribution is 9.11. The van der Waals surface area contributed by atoms with E-state index in [2.05, 4.69) is 61.6 Å². The molecular formula is C21H25Br3O5. The summed E-state index contributed by atoms with van der Waals surface area (Å²) in [7, 11) is 0. The van der Waals surface area contributed by atoms with Gasteiger partial charge in [0.2, 0.25) is 0 Å². The lowest BCUT2D eigenvalue weighted by molar-refractivity contribution is 0.0619. The molecule has 3 N–H and O–H groups in total. The lowest BCUT2D eigenvalue weighted by Crippen LogP contribution is -2.26. The molecule has 0 bridgehead atoms. The Morgan fingerprint density at radius 1 is 0.862 bits per heavy atom. The van der Waals surface area contributed by atoms with Crippen LogP contribution in [0, 0.1) is 6.92 Å². The maximum atomic E-state index is 9.30. The number of halogens is 3. The Kier molecular flexibility index (Phi) is 9.00. The van der Waals surface area contributed by atoms with Crippen LogP contribution in [0.4, 0.5) is 0 Å². The van der Waals surface area contributed by atoms with Crippen LogP contribution in [0.1, 0.15) is 30.5 Å². The van der Waals surface area contributed by atoms with E-state index in [9.17, 15) is 10.2 Å². The summed E-state index contributed by atoms with van der Waals surface area (Å²) in [6.07, 6.45) is -0.665.